The summed E-state index contributed by atoms with van der Waals surface area (Å²) in [5, 5.41) is 0. The lowest BCUT2D eigenvalue weighted by molar-refractivity contribution is -0.142. The number of ether oxygens (including phenoxy) is 1. The Labute approximate surface area is 208 Å². The van der Waals surface area contributed by atoms with Crippen LogP contribution in [0.4, 0.5) is 0 Å². The first-order valence-corrected chi connectivity index (χ1v) is 13.4. The molecular weight excluding hydrogens is 416 g/mol. The number of hydrogen-bond acceptors (Lipinski definition) is 2. The van der Waals surface area contributed by atoms with Crippen LogP contribution in [0, 0.1) is 5.41 Å². The molecule has 0 radical (unpaired) electrons. The molecule has 2 aromatic rings. The lowest BCUT2D eigenvalue weighted by Gasteiger charge is -2.27. The molecule has 0 aromatic heterocycles. The molecule has 1 atom stereocenters. The molecule has 0 saturated heterocycles. The van der Waals surface area contributed by atoms with Crippen molar-refractivity contribution in [1.29, 1.82) is 0 Å². The summed E-state index contributed by atoms with van der Waals surface area (Å²) in [4.78, 5) is 11.8. The van der Waals surface area contributed by atoms with Crippen LogP contribution in [0.25, 0.3) is 11.1 Å². The van der Waals surface area contributed by atoms with Gasteiger partial charge < -0.3 is 4.74 Å². The minimum atomic E-state index is -0.294. The molecule has 2 aromatic carbocycles. The molecule has 0 spiro atoms. The Morgan fingerprint density at radius 3 is 2.18 bits per heavy atom. The number of carbonyl (C=O) groups excluding carboxylic acids is 1. The Kier molecular flexibility index (Phi) is 11.6. The van der Waals surface area contributed by atoms with Gasteiger partial charge in [0.2, 0.25) is 0 Å². The first-order chi connectivity index (χ1) is 16.3. The molecule has 34 heavy (non-hydrogen) atoms. The van der Waals surface area contributed by atoms with Crippen molar-refractivity contribution in [2.45, 2.75) is 98.8 Å². The third kappa shape index (κ3) is 8.78. The maximum atomic E-state index is 11.8. The SMILES string of the molecule is C=C(C)C(=O)OCC(C)(CC)CCc1ccc(-c2ccc(CCCCCCC)c(CC)c2)cc1. The highest BCUT2D eigenvalue weighted by Gasteiger charge is 2.24. The van der Waals surface area contributed by atoms with Crippen LogP contribution in [0.3, 0.4) is 0 Å². The summed E-state index contributed by atoms with van der Waals surface area (Å²) in [5.74, 6) is -0.294. The van der Waals surface area contributed by atoms with Gasteiger partial charge in [0, 0.05) is 11.0 Å². The van der Waals surface area contributed by atoms with Crippen molar-refractivity contribution < 1.29 is 9.53 Å². The van der Waals surface area contributed by atoms with Crippen molar-refractivity contribution in [1.82, 2.24) is 0 Å². The predicted octanol–water partition coefficient (Wildman–Crippen LogP) is 8.90. The van der Waals surface area contributed by atoms with Crippen LogP contribution in [0.5, 0.6) is 0 Å². The molecule has 0 heterocycles. The average molecular weight is 463 g/mol. The summed E-state index contributed by atoms with van der Waals surface area (Å²) in [6.45, 7) is 14.7. The topological polar surface area (TPSA) is 26.3 Å². The Hall–Kier alpha value is -2.35. The van der Waals surface area contributed by atoms with Gasteiger partial charge in [-0.3, -0.25) is 0 Å². The summed E-state index contributed by atoms with van der Waals surface area (Å²) in [6, 6.07) is 16.0. The molecule has 0 aliphatic carbocycles. The smallest absolute Gasteiger partial charge is 0.333 e. The van der Waals surface area contributed by atoms with Gasteiger partial charge >= 0.3 is 5.97 Å². The highest BCUT2D eigenvalue weighted by atomic mass is 16.5. The number of esters is 1. The van der Waals surface area contributed by atoms with E-state index in [0.29, 0.717) is 12.2 Å². The van der Waals surface area contributed by atoms with Crippen molar-refractivity contribution in [3.05, 3.63) is 71.3 Å². The molecule has 0 saturated carbocycles. The second-order valence-corrected chi connectivity index (χ2v) is 10.2. The molecule has 2 rings (SSSR count). The van der Waals surface area contributed by atoms with Crippen LogP contribution in [0.15, 0.2) is 54.6 Å². The molecule has 1 unspecified atom stereocenters. The Bertz CT molecular complexity index is 909. The van der Waals surface area contributed by atoms with Crippen LogP contribution in [0.2, 0.25) is 0 Å². The Morgan fingerprint density at radius 1 is 0.882 bits per heavy atom. The third-order valence-corrected chi connectivity index (χ3v) is 7.20. The van der Waals surface area contributed by atoms with Crippen molar-refractivity contribution in [2.24, 2.45) is 5.41 Å². The minimum absolute atomic E-state index is 0.0216. The van der Waals surface area contributed by atoms with Gasteiger partial charge in [0.15, 0.2) is 0 Å². The van der Waals surface area contributed by atoms with Gasteiger partial charge in [-0.1, -0.05) is 102 Å². The second kappa shape index (κ2) is 14.1. The summed E-state index contributed by atoms with van der Waals surface area (Å²) in [7, 11) is 0. The summed E-state index contributed by atoms with van der Waals surface area (Å²) in [5.41, 5.74) is 7.36. The minimum Gasteiger partial charge on any atom is -0.462 e. The van der Waals surface area contributed by atoms with Gasteiger partial charge in [0.1, 0.15) is 0 Å². The highest BCUT2D eigenvalue weighted by molar-refractivity contribution is 5.86. The molecule has 0 bridgehead atoms. The molecule has 0 aliphatic rings. The van der Waals surface area contributed by atoms with Gasteiger partial charge in [0.25, 0.3) is 0 Å². The number of unbranched alkanes of at least 4 members (excludes halogenated alkanes) is 4. The molecule has 186 valence electrons. The van der Waals surface area contributed by atoms with Gasteiger partial charge in [-0.2, -0.15) is 0 Å². The van der Waals surface area contributed by atoms with Crippen LogP contribution in [0.1, 0.15) is 96.3 Å². The van der Waals surface area contributed by atoms with Crippen molar-refractivity contribution in [3.63, 3.8) is 0 Å². The number of carbonyl (C=O) groups is 1. The quantitative estimate of drug-likeness (QED) is 0.150. The monoisotopic (exact) mass is 462 g/mol. The van der Waals surface area contributed by atoms with E-state index in [1.165, 1.54) is 66.3 Å². The van der Waals surface area contributed by atoms with E-state index in [0.717, 1.165) is 25.7 Å². The lowest BCUT2D eigenvalue weighted by atomic mass is 9.82. The van der Waals surface area contributed by atoms with Crippen molar-refractivity contribution >= 4 is 5.97 Å². The number of hydrogen-bond donors (Lipinski definition) is 0. The van der Waals surface area contributed by atoms with E-state index in [-0.39, 0.29) is 11.4 Å². The standard InChI is InChI=1S/C32H46O2/c1-7-10-11-12-13-14-28-19-20-30(23-27(28)8-2)29-17-15-26(16-18-29)21-22-32(6,9-3)24-34-31(33)25(4)5/h15-20,23H,4,7-14,21-22,24H2,1-3,5-6H3. The number of benzene rings is 2. The average Bonchev–Trinajstić information content (AvgIpc) is 2.86. The van der Waals surface area contributed by atoms with Gasteiger partial charge in [0.05, 0.1) is 6.61 Å². The van der Waals surface area contributed by atoms with Crippen LogP contribution in [-0.2, 0) is 28.8 Å². The number of rotatable bonds is 15. The molecular formula is C32H46O2. The molecule has 0 aliphatic heterocycles. The fraction of sp³-hybridized carbons (Fsp3) is 0.531. The number of aryl methyl sites for hydroxylation is 3. The molecule has 0 fully saturated rings. The van der Waals surface area contributed by atoms with Crippen LogP contribution >= 0.6 is 0 Å². The van der Waals surface area contributed by atoms with Gasteiger partial charge in [-0.15, -0.1) is 0 Å². The van der Waals surface area contributed by atoms with Gasteiger partial charge in [-0.05, 0) is 73.3 Å². The van der Waals surface area contributed by atoms with E-state index in [2.05, 4.69) is 76.7 Å². The first kappa shape index (κ1) is 27.9. The maximum absolute atomic E-state index is 11.8. The fourth-order valence-corrected chi connectivity index (χ4v) is 4.32. The largest absolute Gasteiger partial charge is 0.462 e. The Morgan fingerprint density at radius 2 is 1.56 bits per heavy atom. The van der Waals surface area contributed by atoms with E-state index in [9.17, 15) is 4.79 Å². The first-order valence-electron chi connectivity index (χ1n) is 13.4. The molecule has 2 heteroatoms. The molecule has 0 N–H and O–H groups in total. The Balaban J connectivity index is 1.97. The normalized spacial score (nSPS) is 12.9. The summed E-state index contributed by atoms with van der Waals surface area (Å²) < 4.78 is 5.46. The zero-order valence-electron chi connectivity index (χ0n) is 22.3. The maximum Gasteiger partial charge on any atom is 0.333 e. The van der Waals surface area contributed by atoms with Crippen LogP contribution in [-0.4, -0.2) is 12.6 Å². The van der Waals surface area contributed by atoms with Gasteiger partial charge in [-0.25, -0.2) is 4.79 Å². The van der Waals surface area contributed by atoms with Crippen molar-refractivity contribution in [2.75, 3.05) is 6.61 Å². The predicted molar refractivity (Wildman–Crippen MR) is 146 cm³/mol. The van der Waals surface area contributed by atoms with E-state index in [4.69, 9.17) is 4.74 Å². The van der Waals surface area contributed by atoms with Crippen molar-refractivity contribution in [3.8, 4) is 11.1 Å². The molecule has 2 nitrogen and oxygen atoms in total. The van der Waals surface area contributed by atoms with Crippen LogP contribution < -0.4 is 0 Å². The van der Waals surface area contributed by atoms with E-state index in [1.807, 2.05) is 0 Å². The zero-order valence-corrected chi connectivity index (χ0v) is 22.3. The lowest BCUT2D eigenvalue weighted by Crippen LogP contribution is -2.25. The van der Waals surface area contributed by atoms with E-state index in [1.54, 1.807) is 6.92 Å². The van der Waals surface area contributed by atoms with E-state index < -0.39 is 0 Å². The summed E-state index contributed by atoms with van der Waals surface area (Å²) in [6.07, 6.45) is 11.9. The molecule has 0 amide bonds. The third-order valence-electron chi connectivity index (χ3n) is 7.20. The highest BCUT2D eigenvalue weighted by Crippen LogP contribution is 2.30. The summed E-state index contributed by atoms with van der Waals surface area (Å²) >= 11 is 0. The zero-order chi connectivity index (χ0) is 25.0. The van der Waals surface area contributed by atoms with E-state index >= 15 is 0 Å². The fourth-order valence-electron chi connectivity index (χ4n) is 4.32. The second-order valence-electron chi connectivity index (χ2n) is 10.2.